The van der Waals surface area contributed by atoms with Crippen LogP contribution >= 0.6 is 0 Å². The molecule has 0 radical (unpaired) electrons. The Balaban J connectivity index is 1.69. The number of nitrogens with zero attached hydrogens (tertiary/aromatic N) is 1. The molecule has 0 bridgehead atoms. The van der Waals surface area contributed by atoms with Crippen LogP contribution in [0.25, 0.3) is 0 Å². The number of carbonyl (C=O) groups is 2. The maximum Gasteiger partial charge on any atom is 0.224 e. The van der Waals surface area contributed by atoms with Crippen molar-refractivity contribution >= 4 is 11.8 Å². The minimum atomic E-state index is -0.0395. The smallest absolute Gasteiger partial charge is 0.224 e. The first kappa shape index (κ1) is 15.5. The minimum Gasteiger partial charge on any atom is -0.355 e. The number of rotatable bonds is 5. The molecule has 0 unspecified atom stereocenters. The van der Waals surface area contributed by atoms with Gasteiger partial charge in [0.25, 0.3) is 0 Å². The highest BCUT2D eigenvalue weighted by Crippen LogP contribution is 2.04. The third kappa shape index (κ3) is 4.86. The average molecular weight is 289 g/mol. The number of hydrogen-bond donors (Lipinski definition) is 2. The van der Waals surface area contributed by atoms with Gasteiger partial charge in [0.15, 0.2) is 0 Å². The highest BCUT2D eigenvalue weighted by atomic mass is 16.2. The van der Waals surface area contributed by atoms with Crippen molar-refractivity contribution in [1.82, 2.24) is 15.5 Å². The summed E-state index contributed by atoms with van der Waals surface area (Å²) in [5, 5.41) is 6.07. The Labute approximate surface area is 125 Å². The standard InChI is InChI=1S/C16H23N3O2/c1-13-12-17-9-10-19(13)16(21)7-8-18-15(20)11-14-5-3-2-4-6-14/h2-6,13,17H,7-12H2,1H3,(H,18,20)/t13-/m0/s1. The highest BCUT2D eigenvalue weighted by molar-refractivity contribution is 5.80. The number of benzene rings is 1. The van der Waals surface area contributed by atoms with Crippen LogP contribution in [0.4, 0.5) is 0 Å². The van der Waals surface area contributed by atoms with E-state index in [-0.39, 0.29) is 17.9 Å². The molecule has 0 saturated carbocycles. The maximum absolute atomic E-state index is 12.1. The molecule has 1 aliphatic rings. The van der Waals surface area contributed by atoms with Crippen LogP contribution in [-0.2, 0) is 16.0 Å². The molecule has 1 heterocycles. The van der Waals surface area contributed by atoms with Crippen molar-refractivity contribution in [3.05, 3.63) is 35.9 Å². The summed E-state index contributed by atoms with van der Waals surface area (Å²) in [4.78, 5) is 25.8. The summed E-state index contributed by atoms with van der Waals surface area (Å²) in [5.74, 6) is 0.0753. The molecule has 0 spiro atoms. The zero-order chi connectivity index (χ0) is 15.1. The van der Waals surface area contributed by atoms with E-state index in [1.807, 2.05) is 42.2 Å². The second-order valence-corrected chi connectivity index (χ2v) is 5.40. The lowest BCUT2D eigenvalue weighted by Gasteiger charge is -2.34. The van der Waals surface area contributed by atoms with Crippen LogP contribution < -0.4 is 10.6 Å². The van der Waals surface area contributed by atoms with Crippen molar-refractivity contribution in [3.63, 3.8) is 0 Å². The highest BCUT2D eigenvalue weighted by Gasteiger charge is 2.22. The fourth-order valence-electron chi connectivity index (χ4n) is 2.51. The largest absolute Gasteiger partial charge is 0.355 e. The van der Waals surface area contributed by atoms with E-state index >= 15 is 0 Å². The van der Waals surface area contributed by atoms with Gasteiger partial charge in [-0.3, -0.25) is 9.59 Å². The van der Waals surface area contributed by atoms with Gasteiger partial charge in [-0.05, 0) is 12.5 Å². The van der Waals surface area contributed by atoms with Crippen LogP contribution in [-0.4, -0.2) is 48.9 Å². The van der Waals surface area contributed by atoms with Gasteiger partial charge in [0.2, 0.25) is 11.8 Å². The van der Waals surface area contributed by atoms with Gasteiger partial charge < -0.3 is 15.5 Å². The van der Waals surface area contributed by atoms with Crippen LogP contribution in [0, 0.1) is 0 Å². The lowest BCUT2D eigenvalue weighted by atomic mass is 10.1. The SMILES string of the molecule is C[C@H]1CNCCN1C(=O)CCNC(=O)Cc1ccccc1. The number of amides is 2. The maximum atomic E-state index is 12.1. The number of carbonyl (C=O) groups excluding carboxylic acids is 2. The first-order chi connectivity index (χ1) is 10.2. The van der Waals surface area contributed by atoms with E-state index in [0.29, 0.717) is 19.4 Å². The molecule has 2 N–H and O–H groups in total. The molecule has 2 rings (SSSR count). The predicted octanol–water partition coefficient (Wildman–Crippen LogP) is 0.556. The summed E-state index contributed by atoms with van der Waals surface area (Å²) in [7, 11) is 0. The van der Waals surface area contributed by atoms with Gasteiger partial charge in [0.05, 0.1) is 6.42 Å². The van der Waals surface area contributed by atoms with Crippen LogP contribution in [0.2, 0.25) is 0 Å². The molecule has 5 nitrogen and oxygen atoms in total. The fourth-order valence-corrected chi connectivity index (χ4v) is 2.51. The zero-order valence-electron chi connectivity index (χ0n) is 12.5. The molecule has 2 amide bonds. The fraction of sp³-hybridized carbons (Fsp3) is 0.500. The molecule has 114 valence electrons. The van der Waals surface area contributed by atoms with E-state index in [1.54, 1.807) is 0 Å². The summed E-state index contributed by atoms with van der Waals surface area (Å²) in [6.07, 6.45) is 0.726. The van der Waals surface area contributed by atoms with Gasteiger partial charge in [-0.2, -0.15) is 0 Å². The lowest BCUT2D eigenvalue weighted by Crippen LogP contribution is -2.52. The first-order valence-electron chi connectivity index (χ1n) is 7.47. The second-order valence-electron chi connectivity index (χ2n) is 5.40. The summed E-state index contributed by atoms with van der Waals surface area (Å²) in [5.41, 5.74) is 0.983. The molecule has 1 atom stereocenters. The van der Waals surface area contributed by atoms with Gasteiger partial charge in [0, 0.05) is 38.6 Å². The monoisotopic (exact) mass is 289 g/mol. The Morgan fingerprint density at radius 3 is 2.81 bits per heavy atom. The van der Waals surface area contributed by atoms with E-state index in [1.165, 1.54) is 0 Å². The summed E-state index contributed by atoms with van der Waals surface area (Å²) < 4.78 is 0. The molecule has 1 fully saturated rings. The molecular formula is C16H23N3O2. The van der Waals surface area contributed by atoms with E-state index in [2.05, 4.69) is 10.6 Å². The molecule has 1 saturated heterocycles. The first-order valence-corrected chi connectivity index (χ1v) is 7.47. The van der Waals surface area contributed by atoms with Crippen molar-refractivity contribution in [2.75, 3.05) is 26.2 Å². The molecule has 0 aromatic heterocycles. The third-order valence-corrected chi connectivity index (χ3v) is 3.69. The van der Waals surface area contributed by atoms with Crippen LogP contribution in [0.3, 0.4) is 0 Å². The van der Waals surface area contributed by atoms with E-state index in [0.717, 1.165) is 25.2 Å². The Hall–Kier alpha value is -1.88. The van der Waals surface area contributed by atoms with Crippen LogP contribution in [0.5, 0.6) is 0 Å². The Morgan fingerprint density at radius 2 is 2.10 bits per heavy atom. The van der Waals surface area contributed by atoms with Crippen molar-refractivity contribution in [1.29, 1.82) is 0 Å². The van der Waals surface area contributed by atoms with Gasteiger partial charge in [0.1, 0.15) is 0 Å². The molecule has 0 aliphatic carbocycles. The average Bonchev–Trinajstić information content (AvgIpc) is 2.48. The van der Waals surface area contributed by atoms with Crippen molar-refractivity contribution < 1.29 is 9.59 Å². The number of nitrogens with one attached hydrogen (secondary N) is 2. The lowest BCUT2D eigenvalue weighted by molar-refractivity contribution is -0.133. The number of piperazine rings is 1. The van der Waals surface area contributed by atoms with Crippen molar-refractivity contribution in [2.24, 2.45) is 0 Å². The van der Waals surface area contributed by atoms with Crippen LogP contribution in [0.1, 0.15) is 18.9 Å². The van der Waals surface area contributed by atoms with Gasteiger partial charge in [-0.25, -0.2) is 0 Å². The quantitative estimate of drug-likeness (QED) is 0.832. The Bertz CT molecular complexity index is 476. The van der Waals surface area contributed by atoms with E-state index in [9.17, 15) is 9.59 Å². The second kappa shape index (κ2) is 7.78. The van der Waals surface area contributed by atoms with E-state index < -0.39 is 0 Å². The van der Waals surface area contributed by atoms with Gasteiger partial charge in [-0.15, -0.1) is 0 Å². The van der Waals surface area contributed by atoms with E-state index in [4.69, 9.17) is 0 Å². The van der Waals surface area contributed by atoms with Crippen molar-refractivity contribution in [3.8, 4) is 0 Å². The molecular weight excluding hydrogens is 266 g/mol. The molecule has 21 heavy (non-hydrogen) atoms. The molecule has 1 aliphatic heterocycles. The van der Waals surface area contributed by atoms with Gasteiger partial charge in [-0.1, -0.05) is 30.3 Å². The topological polar surface area (TPSA) is 61.4 Å². The number of hydrogen-bond acceptors (Lipinski definition) is 3. The van der Waals surface area contributed by atoms with Crippen LogP contribution in [0.15, 0.2) is 30.3 Å². The normalized spacial score (nSPS) is 18.3. The van der Waals surface area contributed by atoms with Gasteiger partial charge >= 0.3 is 0 Å². The summed E-state index contributed by atoms with van der Waals surface area (Å²) in [6, 6.07) is 9.83. The summed E-state index contributed by atoms with van der Waals surface area (Å²) in [6.45, 7) is 4.87. The molecule has 1 aromatic carbocycles. The predicted molar refractivity (Wildman–Crippen MR) is 81.8 cm³/mol. The Morgan fingerprint density at radius 1 is 1.33 bits per heavy atom. The zero-order valence-corrected chi connectivity index (χ0v) is 12.5. The van der Waals surface area contributed by atoms with Crippen molar-refractivity contribution in [2.45, 2.75) is 25.8 Å². The molecule has 1 aromatic rings. The molecule has 5 heteroatoms. The summed E-state index contributed by atoms with van der Waals surface area (Å²) >= 11 is 0. The minimum absolute atomic E-state index is 0.0395. The third-order valence-electron chi connectivity index (χ3n) is 3.69. The Kier molecular flexibility index (Phi) is 5.75.